The van der Waals surface area contributed by atoms with Crippen molar-refractivity contribution in [3.8, 4) is 0 Å². The average Bonchev–Trinajstić information content (AvgIpc) is 3.44. The minimum Gasteiger partial charge on any atom is -0.467 e. The first-order valence-electron chi connectivity index (χ1n) is 9.91. The average molecular weight is 458 g/mol. The number of nitro benzene ring substituents is 1. The maximum atomic E-state index is 13.0. The molecule has 0 atom stereocenters. The zero-order valence-corrected chi connectivity index (χ0v) is 18.1. The lowest BCUT2D eigenvalue weighted by Crippen LogP contribution is -2.28. The predicted octanol–water partition coefficient (Wildman–Crippen LogP) is 5.25. The van der Waals surface area contributed by atoms with E-state index in [1.54, 1.807) is 36.6 Å². The van der Waals surface area contributed by atoms with Gasteiger partial charge in [0, 0.05) is 17.7 Å². The summed E-state index contributed by atoms with van der Waals surface area (Å²) in [5.74, 6) is 0.402. The maximum Gasteiger partial charge on any atom is 0.270 e. The van der Waals surface area contributed by atoms with E-state index in [0.717, 1.165) is 5.56 Å². The Kier molecular flexibility index (Phi) is 6.91. The lowest BCUT2D eigenvalue weighted by molar-refractivity contribution is -0.384. The second kappa shape index (κ2) is 10.4. The van der Waals surface area contributed by atoms with Crippen LogP contribution in [0.3, 0.4) is 0 Å². The van der Waals surface area contributed by atoms with Crippen molar-refractivity contribution in [2.75, 3.05) is 0 Å². The van der Waals surface area contributed by atoms with Gasteiger partial charge in [-0.1, -0.05) is 54.6 Å². The Balaban J connectivity index is 1.56. The molecule has 0 unspecified atom stereocenters. The highest BCUT2D eigenvalue weighted by molar-refractivity contribution is 8.18. The number of nitro groups is 1. The molecule has 4 rings (SSSR count). The van der Waals surface area contributed by atoms with Gasteiger partial charge in [0.05, 0.1) is 28.9 Å². The molecule has 3 aromatic rings. The standard InChI is InChI=1S/C24H18N4O4S/c29-23-22(13-5-9-18-7-2-1-3-8-18)33-24(27(23)17-21-12-6-14-32-21)26-25-16-19-10-4-11-20(15-19)28(30)31/h1-16H,17H2/b9-5+,22-13-,25-16+,26-24-. The van der Waals surface area contributed by atoms with Crippen LogP contribution >= 0.6 is 11.8 Å². The third-order valence-electron chi connectivity index (χ3n) is 4.55. The molecule has 2 aromatic carbocycles. The van der Waals surface area contributed by atoms with Crippen LogP contribution in [0.5, 0.6) is 0 Å². The summed E-state index contributed by atoms with van der Waals surface area (Å²) in [5, 5.41) is 19.6. The van der Waals surface area contributed by atoms with Gasteiger partial charge in [-0.05, 0) is 35.5 Å². The zero-order chi connectivity index (χ0) is 23.0. The number of thioether (sulfide) groups is 1. The van der Waals surface area contributed by atoms with E-state index in [1.807, 2.05) is 42.5 Å². The van der Waals surface area contributed by atoms with E-state index < -0.39 is 4.92 Å². The highest BCUT2D eigenvalue weighted by Gasteiger charge is 2.33. The quantitative estimate of drug-likeness (QED) is 0.208. The molecule has 33 heavy (non-hydrogen) atoms. The van der Waals surface area contributed by atoms with Gasteiger partial charge in [-0.15, -0.1) is 5.10 Å². The van der Waals surface area contributed by atoms with E-state index in [-0.39, 0.29) is 18.1 Å². The second-order valence-electron chi connectivity index (χ2n) is 6.85. The Morgan fingerprint density at radius 2 is 1.88 bits per heavy atom. The molecule has 0 radical (unpaired) electrons. The number of rotatable bonds is 7. The Hall–Kier alpha value is -4.24. The van der Waals surface area contributed by atoms with Gasteiger partial charge in [0.15, 0.2) is 5.17 Å². The lowest BCUT2D eigenvalue weighted by Gasteiger charge is -2.12. The summed E-state index contributed by atoms with van der Waals surface area (Å²) >= 11 is 1.20. The number of furan rings is 1. The largest absolute Gasteiger partial charge is 0.467 e. The fourth-order valence-electron chi connectivity index (χ4n) is 2.97. The topological polar surface area (TPSA) is 101 Å². The lowest BCUT2D eigenvalue weighted by atomic mass is 10.2. The second-order valence-corrected chi connectivity index (χ2v) is 7.86. The molecule has 2 heterocycles. The number of allylic oxidation sites excluding steroid dienone is 2. The summed E-state index contributed by atoms with van der Waals surface area (Å²) in [5.41, 5.74) is 1.52. The number of amidine groups is 1. The van der Waals surface area contributed by atoms with Crippen molar-refractivity contribution in [3.63, 3.8) is 0 Å². The minimum atomic E-state index is -0.472. The van der Waals surface area contributed by atoms with Crippen molar-refractivity contribution >= 4 is 40.8 Å². The SMILES string of the molecule is O=C1/C(=C/C=C/c2ccccc2)S/C(=N\N=C\c2cccc([N+](=O)[O-])c2)N1Cc1ccco1. The molecule has 0 spiro atoms. The molecule has 1 aromatic heterocycles. The van der Waals surface area contributed by atoms with Crippen LogP contribution in [0.25, 0.3) is 6.08 Å². The monoisotopic (exact) mass is 458 g/mol. The summed E-state index contributed by atoms with van der Waals surface area (Å²) < 4.78 is 5.38. The van der Waals surface area contributed by atoms with Crippen LogP contribution in [0.1, 0.15) is 16.9 Å². The number of carbonyl (C=O) groups excluding carboxylic acids is 1. The van der Waals surface area contributed by atoms with E-state index in [2.05, 4.69) is 10.2 Å². The van der Waals surface area contributed by atoms with E-state index in [4.69, 9.17) is 4.42 Å². The number of carbonyl (C=O) groups is 1. The van der Waals surface area contributed by atoms with Gasteiger partial charge < -0.3 is 4.42 Å². The molecule has 0 saturated carbocycles. The van der Waals surface area contributed by atoms with Crippen LogP contribution in [0.4, 0.5) is 5.69 Å². The fourth-order valence-corrected chi connectivity index (χ4v) is 3.86. The van der Waals surface area contributed by atoms with Gasteiger partial charge in [-0.25, -0.2) is 0 Å². The molecular formula is C24H18N4O4S. The molecule has 1 amide bonds. The number of nitrogens with zero attached hydrogens (tertiary/aromatic N) is 4. The molecule has 0 aliphatic carbocycles. The minimum absolute atomic E-state index is 0.0353. The van der Waals surface area contributed by atoms with Gasteiger partial charge in [0.25, 0.3) is 11.6 Å². The van der Waals surface area contributed by atoms with Gasteiger partial charge in [-0.3, -0.25) is 19.8 Å². The van der Waals surface area contributed by atoms with Crippen LogP contribution in [0, 0.1) is 10.1 Å². The number of hydrogen-bond acceptors (Lipinski definition) is 7. The molecule has 164 valence electrons. The first kappa shape index (κ1) is 22.0. The Morgan fingerprint density at radius 1 is 1.06 bits per heavy atom. The predicted molar refractivity (Wildman–Crippen MR) is 129 cm³/mol. The van der Waals surface area contributed by atoms with E-state index in [0.29, 0.717) is 21.4 Å². The highest BCUT2D eigenvalue weighted by Crippen LogP contribution is 2.32. The van der Waals surface area contributed by atoms with Crippen LogP contribution in [-0.2, 0) is 11.3 Å². The number of hydrogen-bond donors (Lipinski definition) is 0. The van der Waals surface area contributed by atoms with Gasteiger partial charge in [0.2, 0.25) is 0 Å². The normalized spacial score (nSPS) is 16.6. The molecule has 9 heteroatoms. The Morgan fingerprint density at radius 3 is 2.64 bits per heavy atom. The van der Waals surface area contributed by atoms with E-state index in [9.17, 15) is 14.9 Å². The van der Waals surface area contributed by atoms with Crippen LogP contribution in [0.15, 0.2) is 105 Å². The van der Waals surface area contributed by atoms with Gasteiger partial charge in [-0.2, -0.15) is 5.10 Å². The molecular weight excluding hydrogens is 440 g/mol. The molecule has 1 aliphatic heterocycles. The number of amides is 1. The van der Waals surface area contributed by atoms with Crippen molar-refractivity contribution in [2.45, 2.75) is 6.54 Å². The third kappa shape index (κ3) is 5.72. The molecule has 1 saturated heterocycles. The van der Waals surface area contributed by atoms with Crippen molar-refractivity contribution in [2.24, 2.45) is 10.2 Å². The molecule has 0 bridgehead atoms. The summed E-state index contributed by atoms with van der Waals surface area (Å²) in [6.45, 7) is 0.212. The van der Waals surface area contributed by atoms with Crippen molar-refractivity contribution < 1.29 is 14.1 Å². The van der Waals surface area contributed by atoms with E-state index >= 15 is 0 Å². The van der Waals surface area contributed by atoms with E-state index in [1.165, 1.54) is 35.0 Å². The first-order valence-corrected chi connectivity index (χ1v) is 10.7. The Bertz CT molecular complexity index is 1260. The highest BCUT2D eigenvalue weighted by atomic mass is 32.2. The third-order valence-corrected chi connectivity index (χ3v) is 5.56. The van der Waals surface area contributed by atoms with Gasteiger partial charge >= 0.3 is 0 Å². The van der Waals surface area contributed by atoms with Gasteiger partial charge in [0.1, 0.15) is 5.76 Å². The van der Waals surface area contributed by atoms with Crippen molar-refractivity contribution in [1.82, 2.24) is 4.90 Å². The maximum absolute atomic E-state index is 13.0. The summed E-state index contributed by atoms with van der Waals surface area (Å²) in [6.07, 6.45) is 8.41. The van der Waals surface area contributed by atoms with Crippen LogP contribution in [0.2, 0.25) is 0 Å². The molecule has 8 nitrogen and oxygen atoms in total. The van der Waals surface area contributed by atoms with Crippen molar-refractivity contribution in [3.05, 3.63) is 117 Å². The fraction of sp³-hybridized carbons (Fsp3) is 0.0417. The molecule has 1 aliphatic rings. The summed E-state index contributed by atoms with van der Waals surface area (Å²) in [4.78, 5) is 25.4. The first-order chi connectivity index (χ1) is 16.1. The Labute approximate surface area is 193 Å². The van der Waals surface area contributed by atoms with Crippen LogP contribution in [-0.4, -0.2) is 27.1 Å². The number of non-ortho nitro benzene ring substituents is 1. The van der Waals surface area contributed by atoms with Crippen molar-refractivity contribution in [1.29, 1.82) is 0 Å². The summed E-state index contributed by atoms with van der Waals surface area (Å²) in [7, 11) is 0. The number of benzene rings is 2. The zero-order valence-electron chi connectivity index (χ0n) is 17.3. The molecule has 0 N–H and O–H groups in total. The van der Waals surface area contributed by atoms with Crippen LogP contribution < -0.4 is 0 Å². The summed E-state index contributed by atoms with van der Waals surface area (Å²) in [6, 6.07) is 19.3. The smallest absolute Gasteiger partial charge is 0.270 e. The molecule has 1 fully saturated rings.